The van der Waals surface area contributed by atoms with E-state index in [1.54, 1.807) is 19.1 Å². The zero-order valence-electron chi connectivity index (χ0n) is 19.4. The molecular weight excluding hydrogens is 464 g/mol. The van der Waals surface area contributed by atoms with Crippen LogP contribution in [0.15, 0.2) is 60.7 Å². The van der Waals surface area contributed by atoms with Gasteiger partial charge in [0.25, 0.3) is 0 Å². The van der Waals surface area contributed by atoms with Gasteiger partial charge in [-0.1, -0.05) is 24.3 Å². The number of halogens is 4. The van der Waals surface area contributed by atoms with Gasteiger partial charge in [-0.2, -0.15) is 13.2 Å². The normalized spacial score (nSPS) is 12.3. The van der Waals surface area contributed by atoms with Gasteiger partial charge in [-0.3, -0.25) is 4.79 Å². The van der Waals surface area contributed by atoms with Gasteiger partial charge >= 0.3 is 12.1 Å². The lowest BCUT2D eigenvalue weighted by Gasteiger charge is -2.20. The molecule has 1 N–H and O–H groups in total. The van der Waals surface area contributed by atoms with Crippen molar-refractivity contribution in [3.8, 4) is 22.6 Å². The van der Waals surface area contributed by atoms with Crippen molar-refractivity contribution >= 4 is 5.97 Å². The molecule has 0 heterocycles. The van der Waals surface area contributed by atoms with E-state index in [1.165, 1.54) is 24.3 Å². The Labute approximate surface area is 201 Å². The van der Waals surface area contributed by atoms with Gasteiger partial charge in [0.2, 0.25) is 0 Å². The van der Waals surface area contributed by atoms with Crippen molar-refractivity contribution in [3.05, 3.63) is 83.2 Å². The Morgan fingerprint density at radius 2 is 1.77 bits per heavy atom. The van der Waals surface area contributed by atoms with Crippen molar-refractivity contribution in [1.82, 2.24) is 0 Å². The van der Waals surface area contributed by atoms with E-state index in [-0.39, 0.29) is 29.9 Å². The van der Waals surface area contributed by atoms with Crippen LogP contribution in [-0.2, 0) is 17.4 Å². The molecule has 0 unspecified atom stereocenters. The number of rotatable bonds is 10. The lowest BCUT2D eigenvalue weighted by atomic mass is 10.0. The first-order valence-electron chi connectivity index (χ1n) is 11.1. The van der Waals surface area contributed by atoms with E-state index in [4.69, 9.17) is 14.6 Å². The minimum Gasteiger partial charge on any atom is -0.493 e. The zero-order chi connectivity index (χ0) is 25.6. The third kappa shape index (κ3) is 7.21. The molecule has 0 aliphatic carbocycles. The van der Waals surface area contributed by atoms with Crippen LogP contribution in [0.25, 0.3) is 11.1 Å². The third-order valence-corrected chi connectivity index (χ3v) is 5.51. The fourth-order valence-corrected chi connectivity index (χ4v) is 3.60. The monoisotopic (exact) mass is 490 g/mol. The number of carboxylic acids is 1. The maximum Gasteiger partial charge on any atom is 0.416 e. The Kier molecular flexibility index (Phi) is 8.38. The van der Waals surface area contributed by atoms with E-state index in [0.29, 0.717) is 18.6 Å². The van der Waals surface area contributed by atoms with E-state index >= 15 is 0 Å². The van der Waals surface area contributed by atoms with E-state index in [1.807, 2.05) is 19.1 Å². The molecule has 186 valence electrons. The van der Waals surface area contributed by atoms with Gasteiger partial charge in [0.05, 0.1) is 18.3 Å². The minimum atomic E-state index is -4.57. The minimum absolute atomic E-state index is 0.0236. The molecule has 8 heteroatoms. The molecule has 0 aliphatic heterocycles. The molecule has 3 aromatic carbocycles. The first-order chi connectivity index (χ1) is 16.5. The van der Waals surface area contributed by atoms with Crippen LogP contribution in [0.4, 0.5) is 17.6 Å². The van der Waals surface area contributed by atoms with Crippen LogP contribution in [-0.4, -0.2) is 23.8 Å². The van der Waals surface area contributed by atoms with Crippen LogP contribution < -0.4 is 9.47 Å². The number of hydrogen-bond donors (Lipinski definition) is 1. The number of ether oxygens (including phenoxy) is 2. The topological polar surface area (TPSA) is 55.8 Å². The largest absolute Gasteiger partial charge is 0.493 e. The van der Waals surface area contributed by atoms with E-state index < -0.39 is 29.6 Å². The van der Waals surface area contributed by atoms with Crippen molar-refractivity contribution < 1.29 is 36.9 Å². The first-order valence-corrected chi connectivity index (χ1v) is 11.1. The summed E-state index contributed by atoms with van der Waals surface area (Å²) in [5.41, 5.74) is 1.02. The van der Waals surface area contributed by atoms with Crippen LogP contribution in [0.1, 0.15) is 36.5 Å². The number of hydrogen-bond acceptors (Lipinski definition) is 3. The fraction of sp³-hybridized carbons (Fsp3) is 0.296. The summed E-state index contributed by atoms with van der Waals surface area (Å²) >= 11 is 0. The summed E-state index contributed by atoms with van der Waals surface area (Å²) in [7, 11) is 0. The Morgan fingerprint density at radius 1 is 1.03 bits per heavy atom. The molecule has 0 bridgehead atoms. The molecule has 0 saturated heterocycles. The van der Waals surface area contributed by atoms with Crippen LogP contribution >= 0.6 is 0 Å². The fourth-order valence-electron chi connectivity index (χ4n) is 3.60. The molecule has 0 spiro atoms. The second kappa shape index (κ2) is 11.3. The molecule has 35 heavy (non-hydrogen) atoms. The Hall–Kier alpha value is -3.55. The number of alkyl halides is 3. The quantitative estimate of drug-likeness (QED) is 0.309. The van der Waals surface area contributed by atoms with Gasteiger partial charge in [0, 0.05) is 24.0 Å². The van der Waals surface area contributed by atoms with Gasteiger partial charge in [0.1, 0.15) is 17.3 Å². The van der Waals surface area contributed by atoms with E-state index in [0.717, 1.165) is 23.3 Å². The molecular formula is C27H26F4O4. The first kappa shape index (κ1) is 26.1. The number of carbonyl (C=O) groups is 1. The average Bonchev–Trinajstić information content (AvgIpc) is 2.78. The molecule has 0 aliphatic rings. The summed E-state index contributed by atoms with van der Waals surface area (Å²) in [6, 6.07) is 14.1. The van der Waals surface area contributed by atoms with E-state index in [2.05, 4.69) is 0 Å². The molecule has 0 amide bonds. The van der Waals surface area contributed by atoms with Crippen molar-refractivity contribution in [2.45, 2.75) is 45.4 Å². The summed E-state index contributed by atoms with van der Waals surface area (Å²) in [4.78, 5) is 10.8. The number of benzene rings is 3. The molecule has 1 atom stereocenters. The average molecular weight is 490 g/mol. The van der Waals surface area contributed by atoms with Crippen molar-refractivity contribution in [2.75, 3.05) is 6.61 Å². The molecule has 4 nitrogen and oxygen atoms in total. The molecule has 3 rings (SSSR count). The SMILES string of the molecule is Cc1cc(OCC[C@@H](C)Oc2ccc(C(F)(F)F)cc2-c2ccccc2F)ccc1CCC(=O)O. The highest BCUT2D eigenvalue weighted by Gasteiger charge is 2.31. The summed E-state index contributed by atoms with van der Waals surface area (Å²) < 4.78 is 65.8. The third-order valence-electron chi connectivity index (χ3n) is 5.51. The highest BCUT2D eigenvalue weighted by Crippen LogP contribution is 2.38. The predicted octanol–water partition coefficient (Wildman–Crippen LogP) is 7.07. The van der Waals surface area contributed by atoms with Crippen LogP contribution in [0.3, 0.4) is 0 Å². The lowest BCUT2D eigenvalue weighted by Crippen LogP contribution is -2.17. The Morgan fingerprint density at radius 3 is 2.43 bits per heavy atom. The maximum absolute atomic E-state index is 14.4. The highest BCUT2D eigenvalue weighted by molar-refractivity contribution is 5.72. The number of carboxylic acid groups (broad SMARTS) is 1. The summed E-state index contributed by atoms with van der Waals surface area (Å²) in [6.07, 6.45) is -4.08. The van der Waals surface area contributed by atoms with Crippen LogP contribution in [0.5, 0.6) is 11.5 Å². The second-order valence-electron chi connectivity index (χ2n) is 8.24. The van der Waals surface area contributed by atoms with Gasteiger partial charge < -0.3 is 14.6 Å². The van der Waals surface area contributed by atoms with Crippen molar-refractivity contribution in [3.63, 3.8) is 0 Å². The molecule has 0 radical (unpaired) electrons. The summed E-state index contributed by atoms with van der Waals surface area (Å²) in [5.74, 6) is -0.732. The standard InChI is InChI=1S/C27H26F4O4/c1-17-15-21(10-7-19(17)8-12-26(32)33)34-14-13-18(2)35-25-11-9-20(27(29,30)31)16-23(25)22-5-3-4-6-24(22)28/h3-7,9-11,15-16,18H,8,12-14H2,1-2H3,(H,32,33)/t18-/m1/s1. The second-order valence-corrected chi connectivity index (χ2v) is 8.24. The maximum atomic E-state index is 14.4. The van der Waals surface area contributed by atoms with Gasteiger partial charge in [-0.05, 0) is 67.8 Å². The molecule has 0 fully saturated rings. The lowest BCUT2D eigenvalue weighted by molar-refractivity contribution is -0.138. The summed E-state index contributed by atoms with van der Waals surface area (Å²) in [5, 5.41) is 8.83. The number of aliphatic carboxylic acids is 1. The van der Waals surface area contributed by atoms with Crippen LogP contribution in [0.2, 0.25) is 0 Å². The Bertz CT molecular complexity index is 1170. The zero-order valence-corrected chi connectivity index (χ0v) is 19.4. The summed E-state index contributed by atoms with van der Waals surface area (Å²) in [6.45, 7) is 3.92. The molecule has 3 aromatic rings. The predicted molar refractivity (Wildman–Crippen MR) is 124 cm³/mol. The number of aryl methyl sites for hydroxylation is 2. The van der Waals surface area contributed by atoms with Gasteiger partial charge in [0.15, 0.2) is 0 Å². The Balaban J connectivity index is 1.67. The smallest absolute Gasteiger partial charge is 0.416 e. The van der Waals surface area contributed by atoms with Crippen molar-refractivity contribution in [2.24, 2.45) is 0 Å². The van der Waals surface area contributed by atoms with Gasteiger partial charge in [-0.15, -0.1) is 0 Å². The van der Waals surface area contributed by atoms with Crippen molar-refractivity contribution in [1.29, 1.82) is 0 Å². The molecule has 0 saturated carbocycles. The van der Waals surface area contributed by atoms with Crippen LogP contribution in [0, 0.1) is 12.7 Å². The molecule has 0 aromatic heterocycles. The highest BCUT2D eigenvalue weighted by atomic mass is 19.4. The van der Waals surface area contributed by atoms with E-state index in [9.17, 15) is 22.4 Å². The van der Waals surface area contributed by atoms with Gasteiger partial charge in [-0.25, -0.2) is 4.39 Å².